The van der Waals surface area contributed by atoms with Crippen LogP contribution in [-0.2, 0) is 0 Å². The molecule has 2 rings (SSSR count). The minimum Gasteiger partial charge on any atom is -0.466 e. The molecule has 1 aliphatic rings. The Balaban J connectivity index is 2.27. The van der Waals surface area contributed by atoms with Crippen molar-refractivity contribution < 1.29 is 4.42 Å². The summed E-state index contributed by atoms with van der Waals surface area (Å²) in [5, 5.41) is 3.40. The standard InChI is InChI=1S/C12H18BrNO/c1-12(6-3-4-7-12)11(14-2)10-9(13)5-8-15-10/h5,8,11,14H,3-4,6-7H2,1-2H3. The summed E-state index contributed by atoms with van der Waals surface area (Å²) in [5.41, 5.74) is 0.342. The summed E-state index contributed by atoms with van der Waals surface area (Å²) in [7, 11) is 2.02. The Morgan fingerprint density at radius 2 is 2.13 bits per heavy atom. The van der Waals surface area contributed by atoms with Crippen molar-refractivity contribution in [3.05, 3.63) is 22.6 Å². The first-order valence-electron chi connectivity index (χ1n) is 5.57. The molecular weight excluding hydrogens is 254 g/mol. The van der Waals surface area contributed by atoms with Crippen LogP contribution in [0.1, 0.15) is 44.4 Å². The van der Waals surface area contributed by atoms with Crippen molar-refractivity contribution in [1.29, 1.82) is 0 Å². The lowest BCUT2D eigenvalue weighted by Gasteiger charge is -2.32. The van der Waals surface area contributed by atoms with Gasteiger partial charge < -0.3 is 9.73 Å². The maximum atomic E-state index is 5.59. The Morgan fingerprint density at radius 1 is 1.47 bits per heavy atom. The van der Waals surface area contributed by atoms with Gasteiger partial charge in [0.1, 0.15) is 5.76 Å². The van der Waals surface area contributed by atoms with E-state index in [1.165, 1.54) is 25.7 Å². The van der Waals surface area contributed by atoms with Gasteiger partial charge in [-0.3, -0.25) is 0 Å². The lowest BCUT2D eigenvalue weighted by atomic mass is 9.79. The summed E-state index contributed by atoms with van der Waals surface area (Å²) in [6.07, 6.45) is 7.00. The molecule has 1 unspecified atom stereocenters. The molecule has 1 aliphatic carbocycles. The Hall–Kier alpha value is -0.280. The average Bonchev–Trinajstić information content (AvgIpc) is 2.79. The van der Waals surface area contributed by atoms with E-state index in [9.17, 15) is 0 Å². The maximum absolute atomic E-state index is 5.59. The molecule has 0 saturated heterocycles. The van der Waals surface area contributed by atoms with Crippen molar-refractivity contribution in [3.8, 4) is 0 Å². The number of hydrogen-bond donors (Lipinski definition) is 1. The predicted molar refractivity (Wildman–Crippen MR) is 64.8 cm³/mol. The molecule has 1 aromatic rings. The Kier molecular flexibility index (Phi) is 3.21. The first-order valence-corrected chi connectivity index (χ1v) is 6.37. The summed E-state index contributed by atoms with van der Waals surface area (Å²) >= 11 is 3.55. The SMILES string of the molecule is CNC(c1occc1Br)C1(C)CCCC1. The monoisotopic (exact) mass is 271 g/mol. The minimum absolute atomic E-state index is 0.323. The molecule has 1 heterocycles. The molecule has 84 valence electrons. The summed E-state index contributed by atoms with van der Waals surface area (Å²) in [6, 6.07) is 2.29. The fourth-order valence-corrected chi connectivity index (χ4v) is 3.21. The maximum Gasteiger partial charge on any atom is 0.135 e. The van der Waals surface area contributed by atoms with Crippen LogP contribution in [0, 0.1) is 5.41 Å². The summed E-state index contributed by atoms with van der Waals surface area (Å²) in [6.45, 7) is 2.36. The van der Waals surface area contributed by atoms with E-state index in [2.05, 4.69) is 28.2 Å². The van der Waals surface area contributed by atoms with Crippen LogP contribution in [0.15, 0.2) is 21.2 Å². The molecule has 0 aliphatic heterocycles. The van der Waals surface area contributed by atoms with Crippen LogP contribution in [0.4, 0.5) is 0 Å². The van der Waals surface area contributed by atoms with E-state index in [0.29, 0.717) is 11.5 Å². The van der Waals surface area contributed by atoms with Crippen molar-refractivity contribution in [2.75, 3.05) is 7.05 Å². The smallest absolute Gasteiger partial charge is 0.135 e. The Morgan fingerprint density at radius 3 is 2.60 bits per heavy atom. The van der Waals surface area contributed by atoms with E-state index in [0.717, 1.165) is 10.2 Å². The minimum atomic E-state index is 0.323. The van der Waals surface area contributed by atoms with Crippen LogP contribution in [0.25, 0.3) is 0 Å². The van der Waals surface area contributed by atoms with Crippen LogP contribution in [0.2, 0.25) is 0 Å². The Bertz CT molecular complexity index is 328. The molecule has 1 fully saturated rings. The van der Waals surface area contributed by atoms with Gasteiger partial charge in [0.05, 0.1) is 16.8 Å². The third-order valence-corrected chi connectivity index (χ3v) is 4.29. The van der Waals surface area contributed by atoms with Crippen molar-refractivity contribution in [1.82, 2.24) is 5.32 Å². The van der Waals surface area contributed by atoms with Gasteiger partial charge in [-0.15, -0.1) is 0 Å². The molecule has 0 spiro atoms. The van der Waals surface area contributed by atoms with E-state index in [1.807, 2.05) is 13.1 Å². The van der Waals surface area contributed by atoms with Gasteiger partial charge in [0, 0.05) is 0 Å². The van der Waals surface area contributed by atoms with Gasteiger partial charge in [-0.25, -0.2) is 0 Å². The van der Waals surface area contributed by atoms with Crippen LogP contribution < -0.4 is 5.32 Å². The highest BCUT2D eigenvalue weighted by Gasteiger charge is 2.39. The zero-order valence-electron chi connectivity index (χ0n) is 9.35. The number of furan rings is 1. The molecule has 3 heteroatoms. The lowest BCUT2D eigenvalue weighted by molar-refractivity contribution is 0.205. The highest BCUT2D eigenvalue weighted by atomic mass is 79.9. The highest BCUT2D eigenvalue weighted by molar-refractivity contribution is 9.10. The van der Waals surface area contributed by atoms with Gasteiger partial charge >= 0.3 is 0 Å². The third-order valence-electron chi connectivity index (χ3n) is 3.64. The third kappa shape index (κ3) is 2.00. The van der Waals surface area contributed by atoms with Gasteiger partial charge in [-0.05, 0) is 47.3 Å². The molecule has 1 N–H and O–H groups in total. The van der Waals surface area contributed by atoms with Crippen LogP contribution in [-0.4, -0.2) is 7.05 Å². The normalized spacial score (nSPS) is 21.8. The van der Waals surface area contributed by atoms with Gasteiger partial charge in [0.25, 0.3) is 0 Å². The van der Waals surface area contributed by atoms with E-state index in [1.54, 1.807) is 6.26 Å². The first-order chi connectivity index (χ1) is 7.17. The largest absolute Gasteiger partial charge is 0.466 e. The second-order valence-electron chi connectivity index (χ2n) is 4.72. The average molecular weight is 272 g/mol. The van der Waals surface area contributed by atoms with E-state index >= 15 is 0 Å². The van der Waals surface area contributed by atoms with Crippen LogP contribution in [0.5, 0.6) is 0 Å². The zero-order valence-corrected chi connectivity index (χ0v) is 10.9. The molecule has 0 aromatic carbocycles. The summed E-state index contributed by atoms with van der Waals surface area (Å²) in [5.74, 6) is 1.04. The van der Waals surface area contributed by atoms with Gasteiger partial charge in [-0.1, -0.05) is 19.8 Å². The van der Waals surface area contributed by atoms with Crippen LogP contribution in [0.3, 0.4) is 0 Å². The van der Waals surface area contributed by atoms with Gasteiger partial charge in [0.2, 0.25) is 0 Å². The predicted octanol–water partition coefficient (Wildman–Crippen LogP) is 3.88. The van der Waals surface area contributed by atoms with Crippen LogP contribution >= 0.6 is 15.9 Å². The lowest BCUT2D eigenvalue weighted by Crippen LogP contribution is -2.32. The van der Waals surface area contributed by atoms with E-state index < -0.39 is 0 Å². The molecule has 1 saturated carbocycles. The quantitative estimate of drug-likeness (QED) is 0.903. The van der Waals surface area contributed by atoms with Crippen molar-refractivity contribution >= 4 is 15.9 Å². The summed E-state index contributed by atoms with van der Waals surface area (Å²) < 4.78 is 6.66. The fraction of sp³-hybridized carbons (Fsp3) is 0.667. The van der Waals surface area contributed by atoms with E-state index in [-0.39, 0.29) is 0 Å². The number of nitrogens with one attached hydrogen (secondary N) is 1. The number of hydrogen-bond acceptors (Lipinski definition) is 2. The molecule has 15 heavy (non-hydrogen) atoms. The van der Waals surface area contributed by atoms with Crippen molar-refractivity contribution in [2.45, 2.75) is 38.6 Å². The highest BCUT2D eigenvalue weighted by Crippen LogP contribution is 2.48. The number of halogens is 1. The molecular formula is C12H18BrNO. The van der Waals surface area contributed by atoms with Crippen molar-refractivity contribution in [2.24, 2.45) is 5.41 Å². The molecule has 2 nitrogen and oxygen atoms in total. The Labute approximate surface area is 99.6 Å². The zero-order chi connectivity index (χ0) is 10.9. The first kappa shape index (κ1) is 11.2. The molecule has 1 atom stereocenters. The molecule has 1 aromatic heterocycles. The summed E-state index contributed by atoms with van der Waals surface area (Å²) in [4.78, 5) is 0. The topological polar surface area (TPSA) is 25.2 Å². The molecule has 0 radical (unpaired) electrons. The van der Waals surface area contributed by atoms with Gasteiger partial charge in [0.15, 0.2) is 0 Å². The van der Waals surface area contributed by atoms with E-state index in [4.69, 9.17) is 4.42 Å². The number of rotatable bonds is 3. The molecule has 0 amide bonds. The second kappa shape index (κ2) is 4.30. The van der Waals surface area contributed by atoms with Crippen molar-refractivity contribution in [3.63, 3.8) is 0 Å². The molecule has 0 bridgehead atoms. The fourth-order valence-electron chi connectivity index (χ4n) is 2.78. The second-order valence-corrected chi connectivity index (χ2v) is 5.57. The van der Waals surface area contributed by atoms with Gasteiger partial charge in [-0.2, -0.15) is 0 Å².